The maximum absolute atomic E-state index is 13.6. The molecule has 0 fully saturated rings. The van der Waals surface area contributed by atoms with Crippen molar-refractivity contribution in [2.24, 2.45) is 7.05 Å². The van der Waals surface area contributed by atoms with E-state index in [-0.39, 0.29) is 17.7 Å². The molecule has 1 aliphatic rings. The van der Waals surface area contributed by atoms with Gasteiger partial charge in [-0.1, -0.05) is 6.07 Å². The molecule has 0 unspecified atom stereocenters. The smallest absolute Gasteiger partial charge is 0.312 e. The molecule has 0 aliphatic carbocycles. The van der Waals surface area contributed by atoms with Gasteiger partial charge in [-0.05, 0) is 47.7 Å². The molecule has 5 aromatic rings. The number of rotatable bonds is 3. The number of aromatic nitrogens is 8. The van der Waals surface area contributed by atoms with Crippen molar-refractivity contribution in [3.8, 4) is 11.5 Å². The molecular weight excluding hydrogens is 537 g/mol. The fourth-order valence-corrected chi connectivity index (χ4v) is 4.77. The molecule has 1 aliphatic heterocycles. The first-order chi connectivity index (χ1) is 16.0. The Labute approximate surface area is 201 Å². The first-order valence-corrected chi connectivity index (χ1v) is 11.4. The van der Waals surface area contributed by atoms with Gasteiger partial charge >= 0.3 is 11.8 Å². The van der Waals surface area contributed by atoms with Crippen LogP contribution in [-0.4, -0.2) is 56.9 Å². The first kappa shape index (κ1) is 20.1. The lowest BCUT2D eigenvalue weighted by Gasteiger charge is -2.32. The Balaban J connectivity index is 1.41. The van der Waals surface area contributed by atoms with Gasteiger partial charge in [-0.15, -0.1) is 10.2 Å². The van der Waals surface area contributed by atoms with E-state index in [1.54, 1.807) is 22.1 Å². The number of halogens is 1. The number of nitrogens with zero attached hydrogens (tertiary/aromatic N) is 8. The molecule has 0 radical (unpaired) electrons. The number of aromatic amines is 1. The van der Waals surface area contributed by atoms with Gasteiger partial charge in [-0.25, -0.2) is 9.50 Å². The zero-order chi connectivity index (χ0) is 22.7. The van der Waals surface area contributed by atoms with Crippen LogP contribution >= 0.6 is 22.6 Å². The normalized spacial score (nSPS) is 15.8. The molecule has 11 nitrogen and oxygen atoms in total. The lowest BCUT2D eigenvalue weighted by molar-refractivity contribution is 0.0646. The molecule has 0 spiro atoms. The predicted octanol–water partition coefficient (Wildman–Crippen LogP) is 2.54. The summed E-state index contributed by atoms with van der Waals surface area (Å²) >= 11 is 2.24. The zero-order valence-electron chi connectivity index (χ0n) is 17.7. The van der Waals surface area contributed by atoms with Crippen LogP contribution in [0.15, 0.2) is 41.2 Å². The Bertz CT molecular complexity index is 1510. The average molecular weight is 555 g/mol. The number of aryl methyl sites for hydroxylation is 1. The van der Waals surface area contributed by atoms with Gasteiger partial charge in [-0.2, -0.15) is 10.2 Å². The Kier molecular flexibility index (Phi) is 4.57. The van der Waals surface area contributed by atoms with Crippen molar-refractivity contribution in [1.82, 2.24) is 44.5 Å². The number of hydrogen-bond acceptors (Lipinski definition) is 7. The van der Waals surface area contributed by atoms with E-state index < -0.39 is 6.04 Å². The summed E-state index contributed by atoms with van der Waals surface area (Å²) in [5.74, 6) is -0.170. The van der Waals surface area contributed by atoms with Crippen LogP contribution in [0.3, 0.4) is 0 Å². The third-order valence-electron chi connectivity index (χ3n) is 6.00. The highest BCUT2D eigenvalue weighted by molar-refractivity contribution is 14.1. The van der Waals surface area contributed by atoms with Gasteiger partial charge in [-0.3, -0.25) is 9.48 Å². The Morgan fingerprint density at radius 2 is 2.18 bits per heavy atom. The lowest BCUT2D eigenvalue weighted by atomic mass is 9.99. The number of hydrogen-bond donors (Lipinski definition) is 1. The molecule has 6 heterocycles. The molecule has 1 N–H and O–H groups in total. The molecule has 1 amide bonds. The molecule has 0 aromatic carbocycles. The molecule has 0 bridgehead atoms. The molecule has 6 rings (SSSR count). The van der Waals surface area contributed by atoms with E-state index in [4.69, 9.17) is 9.52 Å². The summed E-state index contributed by atoms with van der Waals surface area (Å²) < 4.78 is 10.3. The summed E-state index contributed by atoms with van der Waals surface area (Å²) in [6.45, 7) is 2.37. The van der Waals surface area contributed by atoms with Crippen LogP contribution in [0.4, 0.5) is 0 Å². The van der Waals surface area contributed by atoms with Gasteiger partial charge in [0, 0.05) is 31.4 Å². The quantitative estimate of drug-likeness (QED) is 0.268. The molecule has 0 saturated carbocycles. The molecular formula is C21H18IN9O2. The second-order valence-electron chi connectivity index (χ2n) is 7.85. The number of amides is 1. The van der Waals surface area contributed by atoms with E-state index in [0.717, 1.165) is 32.0 Å². The van der Waals surface area contributed by atoms with Crippen molar-refractivity contribution >= 4 is 34.0 Å². The number of imidazole rings is 1. The fraction of sp³-hybridized carbons (Fsp3) is 0.238. The number of carbonyl (C=O) groups is 1. The minimum atomic E-state index is -0.473. The molecule has 5 aromatic heterocycles. The standard InChI is InChI=1S/C21H18IN9O2/c1-11-13(9-25-29(11)2)19-26-27-20(33-19)21(32)30-7-6-14-17(24-10-23-14)18(30)15-8-12-4-3-5-16(22)31(12)28-15/h3-5,8-10,18H,6-7H2,1-2H3,(H,23,24)/t18-/m1/s1. The maximum Gasteiger partial charge on any atom is 0.312 e. The average Bonchev–Trinajstić information content (AvgIpc) is 3.60. The Hall–Kier alpha value is -3.55. The van der Waals surface area contributed by atoms with E-state index in [1.807, 2.05) is 42.8 Å². The topological polar surface area (TPSA) is 123 Å². The Morgan fingerprint density at radius 1 is 1.30 bits per heavy atom. The van der Waals surface area contributed by atoms with Crippen LogP contribution in [0.1, 0.15) is 39.5 Å². The van der Waals surface area contributed by atoms with Crippen molar-refractivity contribution in [2.75, 3.05) is 6.54 Å². The van der Waals surface area contributed by atoms with Gasteiger partial charge in [0.1, 0.15) is 9.74 Å². The molecule has 33 heavy (non-hydrogen) atoms. The fourth-order valence-electron chi connectivity index (χ4n) is 4.18. The van der Waals surface area contributed by atoms with Crippen LogP contribution in [0.25, 0.3) is 17.0 Å². The van der Waals surface area contributed by atoms with Crippen molar-refractivity contribution in [3.05, 3.63) is 69.2 Å². The van der Waals surface area contributed by atoms with Crippen molar-refractivity contribution in [1.29, 1.82) is 0 Å². The highest BCUT2D eigenvalue weighted by Gasteiger charge is 2.38. The second-order valence-corrected chi connectivity index (χ2v) is 8.96. The zero-order valence-corrected chi connectivity index (χ0v) is 19.9. The highest BCUT2D eigenvalue weighted by atomic mass is 127. The summed E-state index contributed by atoms with van der Waals surface area (Å²) in [4.78, 5) is 23.0. The van der Waals surface area contributed by atoms with Crippen LogP contribution in [-0.2, 0) is 13.5 Å². The van der Waals surface area contributed by atoms with Crippen LogP contribution in [0.5, 0.6) is 0 Å². The van der Waals surface area contributed by atoms with Crippen LogP contribution in [0, 0.1) is 10.6 Å². The third-order valence-corrected chi connectivity index (χ3v) is 6.82. The summed E-state index contributed by atoms with van der Waals surface area (Å²) in [5, 5.41) is 17.1. The molecule has 12 heteroatoms. The largest absolute Gasteiger partial charge is 0.412 e. The van der Waals surface area contributed by atoms with E-state index in [1.165, 1.54) is 0 Å². The van der Waals surface area contributed by atoms with Gasteiger partial charge in [0.2, 0.25) is 0 Å². The lowest BCUT2D eigenvalue weighted by Crippen LogP contribution is -2.41. The second kappa shape index (κ2) is 7.50. The van der Waals surface area contributed by atoms with Crippen molar-refractivity contribution < 1.29 is 9.21 Å². The first-order valence-electron chi connectivity index (χ1n) is 10.3. The van der Waals surface area contributed by atoms with E-state index in [9.17, 15) is 4.79 Å². The van der Waals surface area contributed by atoms with Gasteiger partial charge in [0.15, 0.2) is 0 Å². The van der Waals surface area contributed by atoms with E-state index in [0.29, 0.717) is 18.5 Å². The molecule has 1 atom stereocenters. The van der Waals surface area contributed by atoms with Gasteiger partial charge in [0.05, 0.1) is 35.0 Å². The number of nitrogens with one attached hydrogen (secondary N) is 1. The number of H-pyrrole nitrogens is 1. The summed E-state index contributed by atoms with van der Waals surface area (Å²) in [5.41, 5.74) is 5.00. The summed E-state index contributed by atoms with van der Waals surface area (Å²) in [7, 11) is 1.83. The SMILES string of the molecule is Cc1c(-c2nnc(C(=O)N3CCc4[nH]cnc4[C@H]3c3cc4cccc(I)n4n3)o2)cnn1C. The van der Waals surface area contributed by atoms with E-state index >= 15 is 0 Å². The summed E-state index contributed by atoms with van der Waals surface area (Å²) in [6.07, 6.45) is 3.95. The molecule has 166 valence electrons. The summed E-state index contributed by atoms with van der Waals surface area (Å²) in [6, 6.07) is 7.45. The van der Waals surface area contributed by atoms with Crippen molar-refractivity contribution in [3.63, 3.8) is 0 Å². The maximum atomic E-state index is 13.6. The highest BCUT2D eigenvalue weighted by Crippen LogP contribution is 2.34. The third kappa shape index (κ3) is 3.15. The van der Waals surface area contributed by atoms with Crippen molar-refractivity contribution in [2.45, 2.75) is 19.4 Å². The predicted molar refractivity (Wildman–Crippen MR) is 124 cm³/mol. The van der Waals surface area contributed by atoms with Gasteiger partial charge < -0.3 is 14.3 Å². The minimum absolute atomic E-state index is 0.0735. The van der Waals surface area contributed by atoms with Crippen LogP contribution < -0.4 is 0 Å². The van der Waals surface area contributed by atoms with Crippen LogP contribution in [0.2, 0.25) is 0 Å². The number of pyridine rings is 1. The Morgan fingerprint density at radius 3 is 2.97 bits per heavy atom. The van der Waals surface area contributed by atoms with Gasteiger partial charge in [0.25, 0.3) is 5.89 Å². The monoisotopic (exact) mass is 555 g/mol. The molecule has 0 saturated heterocycles. The number of fused-ring (bicyclic) bond motifs is 2. The minimum Gasteiger partial charge on any atom is -0.412 e. The van der Waals surface area contributed by atoms with E-state index in [2.05, 4.69) is 47.9 Å². The number of carbonyl (C=O) groups excluding carboxylic acids is 1.